The monoisotopic (exact) mass is 264 g/mol. The maximum atomic E-state index is 5.99. The highest BCUT2D eigenvalue weighted by atomic mass is 16.5. The van der Waals surface area contributed by atoms with E-state index in [4.69, 9.17) is 15.2 Å². The largest absolute Gasteiger partial charge is 0.497 e. The molecule has 0 spiro atoms. The SMILES string of the molecule is CCOc1cc(OC)ccc1C(CN)N1CCCC1. The van der Waals surface area contributed by atoms with Crippen molar-refractivity contribution in [3.05, 3.63) is 23.8 Å². The number of hydrogen-bond donors (Lipinski definition) is 1. The number of nitrogens with zero attached hydrogens (tertiary/aromatic N) is 1. The van der Waals surface area contributed by atoms with Gasteiger partial charge in [0.25, 0.3) is 0 Å². The second kappa shape index (κ2) is 6.78. The van der Waals surface area contributed by atoms with Gasteiger partial charge < -0.3 is 15.2 Å². The molecule has 2 rings (SSSR count). The Labute approximate surface area is 115 Å². The molecule has 0 aromatic heterocycles. The molecule has 1 fully saturated rings. The first-order valence-corrected chi connectivity index (χ1v) is 7.05. The zero-order valence-electron chi connectivity index (χ0n) is 11.9. The predicted octanol–water partition coefficient (Wildman–Crippen LogP) is 2.19. The highest BCUT2D eigenvalue weighted by Gasteiger charge is 2.25. The van der Waals surface area contributed by atoms with Crippen LogP contribution in [0.25, 0.3) is 0 Å². The number of rotatable bonds is 6. The number of methoxy groups -OCH3 is 1. The Morgan fingerprint density at radius 3 is 2.63 bits per heavy atom. The van der Waals surface area contributed by atoms with Crippen LogP contribution in [0.3, 0.4) is 0 Å². The Kier molecular flexibility index (Phi) is 5.05. The van der Waals surface area contributed by atoms with Crippen LogP contribution in [0, 0.1) is 0 Å². The summed E-state index contributed by atoms with van der Waals surface area (Å²) in [5, 5.41) is 0. The molecule has 1 aromatic rings. The molecule has 0 radical (unpaired) electrons. The van der Waals surface area contributed by atoms with Gasteiger partial charge >= 0.3 is 0 Å². The standard InChI is InChI=1S/C15H24N2O2/c1-3-19-15-10-12(18-2)6-7-13(15)14(11-16)17-8-4-5-9-17/h6-7,10,14H,3-5,8-9,11,16H2,1-2H3. The number of likely N-dealkylation sites (tertiary alicyclic amines) is 1. The van der Waals surface area contributed by atoms with E-state index in [1.807, 2.05) is 19.1 Å². The van der Waals surface area contributed by atoms with E-state index in [0.717, 1.165) is 24.6 Å². The van der Waals surface area contributed by atoms with Crippen LogP contribution in [-0.2, 0) is 0 Å². The second-order valence-corrected chi connectivity index (χ2v) is 4.83. The third kappa shape index (κ3) is 3.19. The molecular formula is C15H24N2O2. The molecule has 2 N–H and O–H groups in total. The average Bonchev–Trinajstić information content (AvgIpc) is 2.95. The summed E-state index contributed by atoms with van der Waals surface area (Å²) in [6.45, 7) is 5.51. The third-order valence-corrected chi connectivity index (χ3v) is 3.68. The van der Waals surface area contributed by atoms with E-state index in [9.17, 15) is 0 Å². The molecule has 4 nitrogen and oxygen atoms in total. The first kappa shape index (κ1) is 14.2. The van der Waals surface area contributed by atoms with Gasteiger partial charge in [-0.05, 0) is 38.9 Å². The molecule has 0 aliphatic carbocycles. The van der Waals surface area contributed by atoms with Crippen LogP contribution in [-0.4, -0.2) is 38.3 Å². The minimum Gasteiger partial charge on any atom is -0.497 e. The fourth-order valence-electron chi connectivity index (χ4n) is 2.72. The second-order valence-electron chi connectivity index (χ2n) is 4.83. The number of ether oxygens (including phenoxy) is 2. The molecule has 19 heavy (non-hydrogen) atoms. The van der Waals surface area contributed by atoms with Gasteiger partial charge in [-0.25, -0.2) is 0 Å². The minimum absolute atomic E-state index is 0.245. The molecule has 0 bridgehead atoms. The molecule has 1 unspecified atom stereocenters. The van der Waals surface area contributed by atoms with Gasteiger partial charge in [0, 0.05) is 18.2 Å². The summed E-state index contributed by atoms with van der Waals surface area (Å²) < 4.78 is 11.0. The van der Waals surface area contributed by atoms with Crippen molar-refractivity contribution in [1.29, 1.82) is 0 Å². The summed E-state index contributed by atoms with van der Waals surface area (Å²) in [4.78, 5) is 2.45. The summed E-state index contributed by atoms with van der Waals surface area (Å²) in [5.74, 6) is 1.72. The number of hydrogen-bond acceptors (Lipinski definition) is 4. The van der Waals surface area contributed by atoms with Gasteiger partial charge in [0.1, 0.15) is 11.5 Å². The molecule has 1 atom stereocenters. The first-order chi connectivity index (χ1) is 9.30. The molecule has 0 amide bonds. The van der Waals surface area contributed by atoms with Crippen LogP contribution >= 0.6 is 0 Å². The first-order valence-electron chi connectivity index (χ1n) is 7.05. The number of benzene rings is 1. The van der Waals surface area contributed by atoms with E-state index in [0.29, 0.717) is 13.2 Å². The van der Waals surface area contributed by atoms with Gasteiger partial charge in [0.15, 0.2) is 0 Å². The van der Waals surface area contributed by atoms with E-state index < -0.39 is 0 Å². The molecule has 1 aliphatic rings. The maximum Gasteiger partial charge on any atom is 0.127 e. The van der Waals surface area contributed by atoms with Gasteiger partial charge in [-0.1, -0.05) is 6.07 Å². The normalized spacial score (nSPS) is 17.4. The molecule has 0 saturated carbocycles. The molecule has 1 saturated heterocycles. The van der Waals surface area contributed by atoms with Crippen molar-refractivity contribution < 1.29 is 9.47 Å². The molecule has 1 heterocycles. The van der Waals surface area contributed by atoms with Crippen LogP contribution in [0.2, 0.25) is 0 Å². The Hall–Kier alpha value is -1.26. The maximum absolute atomic E-state index is 5.99. The van der Waals surface area contributed by atoms with Gasteiger partial charge in [0.05, 0.1) is 19.8 Å². The zero-order valence-corrected chi connectivity index (χ0v) is 11.9. The van der Waals surface area contributed by atoms with Gasteiger partial charge in [0.2, 0.25) is 0 Å². The topological polar surface area (TPSA) is 47.7 Å². The van der Waals surface area contributed by atoms with Crippen LogP contribution in [0.4, 0.5) is 0 Å². The predicted molar refractivity (Wildman–Crippen MR) is 76.8 cm³/mol. The van der Waals surface area contributed by atoms with E-state index in [-0.39, 0.29) is 6.04 Å². The fourth-order valence-corrected chi connectivity index (χ4v) is 2.72. The van der Waals surface area contributed by atoms with Gasteiger partial charge in [-0.3, -0.25) is 4.90 Å². The van der Waals surface area contributed by atoms with Crippen molar-refractivity contribution in [1.82, 2.24) is 4.90 Å². The third-order valence-electron chi connectivity index (χ3n) is 3.68. The van der Waals surface area contributed by atoms with E-state index in [2.05, 4.69) is 11.0 Å². The van der Waals surface area contributed by atoms with Crippen molar-refractivity contribution in [3.63, 3.8) is 0 Å². The molecule has 4 heteroatoms. The summed E-state index contributed by atoms with van der Waals surface area (Å²) in [6.07, 6.45) is 2.52. The van der Waals surface area contributed by atoms with Gasteiger partial charge in [-0.2, -0.15) is 0 Å². The number of nitrogens with two attached hydrogens (primary N) is 1. The smallest absolute Gasteiger partial charge is 0.127 e. The van der Waals surface area contributed by atoms with Crippen molar-refractivity contribution in [2.24, 2.45) is 5.73 Å². The molecule has 106 valence electrons. The Balaban J connectivity index is 2.29. The Morgan fingerprint density at radius 1 is 1.32 bits per heavy atom. The molecular weight excluding hydrogens is 240 g/mol. The minimum atomic E-state index is 0.245. The van der Waals surface area contributed by atoms with Gasteiger partial charge in [-0.15, -0.1) is 0 Å². The lowest BCUT2D eigenvalue weighted by atomic mass is 10.0. The average molecular weight is 264 g/mol. The Morgan fingerprint density at radius 2 is 2.05 bits per heavy atom. The molecule has 1 aromatic carbocycles. The van der Waals surface area contributed by atoms with E-state index in [1.54, 1.807) is 7.11 Å². The highest BCUT2D eigenvalue weighted by Crippen LogP contribution is 2.33. The van der Waals surface area contributed by atoms with Crippen LogP contribution in [0.1, 0.15) is 31.4 Å². The van der Waals surface area contributed by atoms with Crippen molar-refractivity contribution in [3.8, 4) is 11.5 Å². The van der Waals surface area contributed by atoms with Crippen LogP contribution < -0.4 is 15.2 Å². The summed E-state index contributed by atoms with van der Waals surface area (Å²) in [6, 6.07) is 6.27. The Bertz CT molecular complexity index is 403. The van der Waals surface area contributed by atoms with Crippen molar-refractivity contribution in [2.75, 3.05) is 33.4 Å². The highest BCUT2D eigenvalue weighted by molar-refractivity contribution is 5.42. The van der Waals surface area contributed by atoms with Crippen LogP contribution in [0.5, 0.6) is 11.5 Å². The quantitative estimate of drug-likeness (QED) is 0.855. The van der Waals surface area contributed by atoms with E-state index >= 15 is 0 Å². The summed E-state index contributed by atoms with van der Waals surface area (Å²) in [5.41, 5.74) is 7.16. The zero-order chi connectivity index (χ0) is 13.7. The van der Waals surface area contributed by atoms with Crippen molar-refractivity contribution >= 4 is 0 Å². The lowest BCUT2D eigenvalue weighted by molar-refractivity contribution is 0.240. The summed E-state index contributed by atoms with van der Waals surface area (Å²) in [7, 11) is 1.67. The van der Waals surface area contributed by atoms with Crippen molar-refractivity contribution in [2.45, 2.75) is 25.8 Å². The lowest BCUT2D eigenvalue weighted by Gasteiger charge is -2.28. The van der Waals surface area contributed by atoms with E-state index in [1.165, 1.54) is 18.4 Å². The fraction of sp³-hybridized carbons (Fsp3) is 0.600. The van der Waals surface area contributed by atoms with Crippen LogP contribution in [0.15, 0.2) is 18.2 Å². The lowest BCUT2D eigenvalue weighted by Crippen LogP contribution is -2.31. The summed E-state index contributed by atoms with van der Waals surface area (Å²) >= 11 is 0. The molecule has 1 aliphatic heterocycles.